The highest BCUT2D eigenvalue weighted by atomic mass is 16.5. The van der Waals surface area contributed by atoms with Gasteiger partial charge >= 0.3 is 5.97 Å². The summed E-state index contributed by atoms with van der Waals surface area (Å²) in [6.45, 7) is 8.39. The van der Waals surface area contributed by atoms with Gasteiger partial charge in [-0.25, -0.2) is 4.79 Å². The lowest BCUT2D eigenvalue weighted by molar-refractivity contribution is 0.0526. The van der Waals surface area contributed by atoms with E-state index in [1.165, 1.54) is 22.3 Å². The van der Waals surface area contributed by atoms with Crippen molar-refractivity contribution in [3.05, 3.63) is 64.2 Å². The summed E-state index contributed by atoms with van der Waals surface area (Å²) in [7, 11) is 0. The zero-order chi connectivity index (χ0) is 15.7. The van der Waals surface area contributed by atoms with Crippen LogP contribution in [0.5, 0.6) is 0 Å². The lowest BCUT2D eigenvalue weighted by Gasteiger charge is -2.17. The molecule has 0 amide bonds. The van der Waals surface area contributed by atoms with E-state index >= 15 is 0 Å². The van der Waals surface area contributed by atoms with Gasteiger partial charge < -0.3 is 9.64 Å². The van der Waals surface area contributed by atoms with E-state index in [9.17, 15) is 4.79 Å². The number of carbonyl (C=O) groups is 1. The van der Waals surface area contributed by atoms with Crippen LogP contribution >= 0.6 is 0 Å². The van der Waals surface area contributed by atoms with E-state index in [-0.39, 0.29) is 5.97 Å². The molecule has 0 aliphatic carbocycles. The molecular formula is C19H21NO2. The molecule has 0 saturated carbocycles. The first-order chi connectivity index (χ1) is 10.6. The van der Waals surface area contributed by atoms with Crippen LogP contribution in [0.3, 0.4) is 0 Å². The maximum Gasteiger partial charge on any atom is 0.338 e. The number of ether oxygens (including phenoxy) is 1. The van der Waals surface area contributed by atoms with E-state index in [1.807, 2.05) is 31.2 Å². The van der Waals surface area contributed by atoms with Gasteiger partial charge in [0.05, 0.1) is 12.2 Å². The Balaban J connectivity index is 1.78. The SMILES string of the molecule is CCOC(=O)c1ccc(N2Cc3cc(C)c(C)cc3C2)cc1. The fourth-order valence-corrected chi connectivity index (χ4v) is 2.90. The van der Waals surface area contributed by atoms with E-state index in [1.54, 1.807) is 0 Å². The van der Waals surface area contributed by atoms with Crippen LogP contribution in [0.4, 0.5) is 5.69 Å². The highest BCUT2D eigenvalue weighted by Gasteiger charge is 2.20. The largest absolute Gasteiger partial charge is 0.462 e. The van der Waals surface area contributed by atoms with Crippen molar-refractivity contribution in [2.24, 2.45) is 0 Å². The van der Waals surface area contributed by atoms with Crippen molar-refractivity contribution < 1.29 is 9.53 Å². The summed E-state index contributed by atoms with van der Waals surface area (Å²) >= 11 is 0. The van der Waals surface area contributed by atoms with Crippen LogP contribution in [0.25, 0.3) is 0 Å². The summed E-state index contributed by atoms with van der Waals surface area (Å²) < 4.78 is 5.02. The average molecular weight is 295 g/mol. The van der Waals surface area contributed by atoms with Crippen molar-refractivity contribution in [2.45, 2.75) is 33.9 Å². The molecule has 0 fully saturated rings. The van der Waals surface area contributed by atoms with Crippen LogP contribution in [0.1, 0.15) is 39.5 Å². The number of benzene rings is 2. The second kappa shape index (κ2) is 5.84. The second-order valence-corrected chi connectivity index (χ2v) is 5.83. The smallest absolute Gasteiger partial charge is 0.338 e. The van der Waals surface area contributed by atoms with E-state index in [0.29, 0.717) is 12.2 Å². The zero-order valence-electron chi connectivity index (χ0n) is 13.3. The van der Waals surface area contributed by atoms with Crippen molar-refractivity contribution in [2.75, 3.05) is 11.5 Å². The van der Waals surface area contributed by atoms with Crippen LogP contribution in [0.15, 0.2) is 36.4 Å². The van der Waals surface area contributed by atoms with Gasteiger partial charge in [-0.2, -0.15) is 0 Å². The van der Waals surface area contributed by atoms with Gasteiger partial charge in [0.1, 0.15) is 0 Å². The molecule has 22 heavy (non-hydrogen) atoms. The quantitative estimate of drug-likeness (QED) is 0.802. The molecule has 0 spiro atoms. The van der Waals surface area contributed by atoms with Crippen molar-refractivity contribution in [1.82, 2.24) is 0 Å². The number of nitrogens with zero attached hydrogens (tertiary/aromatic N) is 1. The van der Waals surface area contributed by atoms with Gasteiger partial charge in [0, 0.05) is 18.8 Å². The minimum atomic E-state index is -0.259. The molecule has 1 heterocycles. The Morgan fingerprint density at radius 3 is 2.09 bits per heavy atom. The van der Waals surface area contributed by atoms with E-state index in [4.69, 9.17) is 4.74 Å². The zero-order valence-corrected chi connectivity index (χ0v) is 13.3. The third-order valence-corrected chi connectivity index (χ3v) is 4.28. The molecule has 3 heteroatoms. The van der Waals surface area contributed by atoms with Gasteiger partial charge in [0.25, 0.3) is 0 Å². The van der Waals surface area contributed by atoms with Gasteiger partial charge in [-0.1, -0.05) is 12.1 Å². The second-order valence-electron chi connectivity index (χ2n) is 5.83. The standard InChI is InChI=1S/C19H21NO2/c1-4-22-19(21)15-5-7-18(8-6-15)20-11-16-9-13(2)14(3)10-17(16)12-20/h5-10H,4,11-12H2,1-3H3. The first-order valence-electron chi connectivity index (χ1n) is 7.69. The fourth-order valence-electron chi connectivity index (χ4n) is 2.90. The Labute approximate surface area is 131 Å². The summed E-state index contributed by atoms with van der Waals surface area (Å²) in [4.78, 5) is 14.0. The van der Waals surface area contributed by atoms with Crippen LogP contribution in [0, 0.1) is 13.8 Å². The highest BCUT2D eigenvalue weighted by molar-refractivity contribution is 5.89. The molecule has 0 radical (unpaired) electrons. The number of esters is 1. The molecule has 2 aromatic carbocycles. The summed E-state index contributed by atoms with van der Waals surface area (Å²) in [6.07, 6.45) is 0. The Morgan fingerprint density at radius 2 is 1.59 bits per heavy atom. The molecule has 0 atom stereocenters. The summed E-state index contributed by atoms with van der Waals surface area (Å²) in [5.74, 6) is -0.259. The number of rotatable bonds is 3. The Morgan fingerprint density at radius 1 is 1.05 bits per heavy atom. The van der Waals surface area contributed by atoms with Gasteiger partial charge in [-0.05, 0) is 67.3 Å². The lowest BCUT2D eigenvalue weighted by atomic mass is 10.0. The molecule has 114 valence electrons. The van der Waals surface area contributed by atoms with Crippen molar-refractivity contribution >= 4 is 11.7 Å². The van der Waals surface area contributed by atoms with Gasteiger partial charge in [-0.15, -0.1) is 0 Å². The van der Waals surface area contributed by atoms with Gasteiger partial charge in [0.15, 0.2) is 0 Å². The van der Waals surface area contributed by atoms with Crippen LogP contribution in [-0.2, 0) is 17.8 Å². The summed E-state index contributed by atoms with van der Waals surface area (Å²) in [6, 6.07) is 12.3. The van der Waals surface area contributed by atoms with Gasteiger partial charge in [0.2, 0.25) is 0 Å². The minimum absolute atomic E-state index is 0.259. The fraction of sp³-hybridized carbons (Fsp3) is 0.316. The lowest BCUT2D eigenvalue weighted by Crippen LogP contribution is -2.14. The maximum atomic E-state index is 11.7. The van der Waals surface area contributed by atoms with E-state index < -0.39 is 0 Å². The Hall–Kier alpha value is -2.29. The minimum Gasteiger partial charge on any atom is -0.462 e. The third kappa shape index (κ3) is 2.71. The number of carbonyl (C=O) groups excluding carboxylic acids is 1. The molecule has 0 N–H and O–H groups in total. The normalized spacial score (nSPS) is 13.1. The van der Waals surface area contributed by atoms with Crippen molar-refractivity contribution in [1.29, 1.82) is 0 Å². The molecule has 3 rings (SSSR count). The van der Waals surface area contributed by atoms with E-state index in [2.05, 4.69) is 30.9 Å². The molecule has 0 saturated heterocycles. The average Bonchev–Trinajstić information content (AvgIpc) is 2.91. The van der Waals surface area contributed by atoms with Crippen LogP contribution in [-0.4, -0.2) is 12.6 Å². The molecule has 1 aliphatic rings. The van der Waals surface area contributed by atoms with Crippen LogP contribution < -0.4 is 4.90 Å². The topological polar surface area (TPSA) is 29.5 Å². The molecular weight excluding hydrogens is 274 g/mol. The predicted molar refractivity (Wildman–Crippen MR) is 88.2 cm³/mol. The summed E-state index contributed by atoms with van der Waals surface area (Å²) in [5, 5.41) is 0. The summed E-state index contributed by atoms with van der Waals surface area (Å²) in [5.41, 5.74) is 7.24. The first kappa shape index (κ1) is 14.6. The predicted octanol–water partition coefficient (Wildman–Crippen LogP) is 4.00. The molecule has 1 aliphatic heterocycles. The van der Waals surface area contributed by atoms with Crippen molar-refractivity contribution in [3.63, 3.8) is 0 Å². The van der Waals surface area contributed by atoms with Gasteiger partial charge in [-0.3, -0.25) is 0 Å². The number of fused-ring (bicyclic) bond motifs is 1. The molecule has 0 aromatic heterocycles. The Bertz CT molecular complexity index is 673. The molecule has 0 unspecified atom stereocenters. The first-order valence-corrected chi connectivity index (χ1v) is 7.69. The van der Waals surface area contributed by atoms with E-state index in [0.717, 1.165) is 18.8 Å². The maximum absolute atomic E-state index is 11.7. The number of hydrogen-bond donors (Lipinski definition) is 0. The van der Waals surface area contributed by atoms with Crippen molar-refractivity contribution in [3.8, 4) is 0 Å². The molecule has 0 bridgehead atoms. The molecule has 2 aromatic rings. The Kier molecular flexibility index (Phi) is 3.88. The number of aryl methyl sites for hydroxylation is 2. The highest BCUT2D eigenvalue weighted by Crippen LogP contribution is 2.30. The third-order valence-electron chi connectivity index (χ3n) is 4.28. The molecule has 3 nitrogen and oxygen atoms in total. The van der Waals surface area contributed by atoms with Crippen LogP contribution in [0.2, 0.25) is 0 Å². The number of anilines is 1. The number of hydrogen-bond acceptors (Lipinski definition) is 3. The monoisotopic (exact) mass is 295 g/mol.